The van der Waals surface area contributed by atoms with E-state index in [9.17, 15) is 8.42 Å². The third kappa shape index (κ3) is 4.42. The fourth-order valence-corrected chi connectivity index (χ4v) is 6.14. The zero-order valence-corrected chi connectivity index (χ0v) is 18.2. The Kier molecular flexibility index (Phi) is 5.83. The van der Waals surface area contributed by atoms with E-state index in [4.69, 9.17) is 0 Å². The Morgan fingerprint density at radius 2 is 1.41 bits per heavy atom. The SMILES string of the molecule is CN1[C@@H]2CC[C@H]1CC(CC(CNS(C)(=O)=O)(c1ccccc1)c1ccccc1)C2. The maximum absolute atomic E-state index is 12.1. The van der Waals surface area contributed by atoms with E-state index in [1.807, 2.05) is 12.1 Å². The third-order valence-corrected chi connectivity index (χ3v) is 7.79. The van der Waals surface area contributed by atoms with Gasteiger partial charge in [0.2, 0.25) is 10.0 Å². The summed E-state index contributed by atoms with van der Waals surface area (Å²) in [6.07, 6.45) is 7.21. The summed E-state index contributed by atoms with van der Waals surface area (Å²) < 4.78 is 27.0. The van der Waals surface area contributed by atoms with Crippen molar-refractivity contribution in [2.75, 3.05) is 19.8 Å². The van der Waals surface area contributed by atoms with E-state index in [1.165, 1.54) is 43.1 Å². The van der Waals surface area contributed by atoms with Crippen molar-refractivity contribution in [1.82, 2.24) is 9.62 Å². The molecule has 0 aliphatic carbocycles. The molecule has 2 saturated heterocycles. The van der Waals surface area contributed by atoms with Gasteiger partial charge >= 0.3 is 0 Å². The lowest BCUT2D eigenvalue weighted by atomic mass is 9.67. The van der Waals surface area contributed by atoms with Gasteiger partial charge < -0.3 is 4.90 Å². The normalized spacial score (nSPS) is 25.2. The summed E-state index contributed by atoms with van der Waals surface area (Å²) in [6.45, 7) is 0.390. The molecule has 0 amide bonds. The molecule has 0 aromatic heterocycles. The van der Waals surface area contributed by atoms with Crippen molar-refractivity contribution in [1.29, 1.82) is 0 Å². The lowest BCUT2D eigenvalue weighted by Crippen LogP contribution is -2.46. The second-order valence-corrected chi connectivity index (χ2v) is 10.8. The van der Waals surface area contributed by atoms with Crippen molar-refractivity contribution >= 4 is 10.0 Å². The van der Waals surface area contributed by atoms with Crippen LogP contribution in [0.4, 0.5) is 0 Å². The van der Waals surface area contributed by atoms with Gasteiger partial charge in [-0.3, -0.25) is 0 Å². The van der Waals surface area contributed by atoms with Crippen molar-refractivity contribution in [3.05, 3.63) is 71.8 Å². The minimum Gasteiger partial charge on any atom is -0.300 e. The Labute approximate surface area is 175 Å². The summed E-state index contributed by atoms with van der Waals surface area (Å²) in [5.41, 5.74) is 2.01. The van der Waals surface area contributed by atoms with Gasteiger partial charge in [-0.25, -0.2) is 13.1 Å². The van der Waals surface area contributed by atoms with Crippen molar-refractivity contribution in [3.8, 4) is 0 Å². The first-order valence-corrected chi connectivity index (χ1v) is 12.5. The zero-order chi connectivity index (χ0) is 20.5. The largest absolute Gasteiger partial charge is 0.300 e. The summed E-state index contributed by atoms with van der Waals surface area (Å²) in [5.74, 6) is 0.588. The fraction of sp³-hybridized carbons (Fsp3) is 0.500. The molecule has 2 fully saturated rings. The van der Waals surface area contributed by atoms with Gasteiger partial charge in [0.25, 0.3) is 0 Å². The van der Waals surface area contributed by atoms with E-state index in [2.05, 4.69) is 65.2 Å². The number of rotatable bonds is 7. The van der Waals surface area contributed by atoms with Crippen molar-refractivity contribution in [2.24, 2.45) is 5.92 Å². The number of nitrogens with zero attached hydrogens (tertiary/aromatic N) is 1. The van der Waals surface area contributed by atoms with Crippen LogP contribution >= 0.6 is 0 Å². The minimum absolute atomic E-state index is 0.369. The number of benzene rings is 2. The molecule has 5 heteroatoms. The molecule has 2 heterocycles. The van der Waals surface area contributed by atoms with Gasteiger partial charge in [0, 0.05) is 24.0 Å². The first-order valence-electron chi connectivity index (χ1n) is 10.6. The molecule has 2 aliphatic rings. The van der Waals surface area contributed by atoms with Gasteiger partial charge in [-0.15, -0.1) is 0 Å². The van der Waals surface area contributed by atoms with Gasteiger partial charge in [-0.1, -0.05) is 60.7 Å². The third-order valence-electron chi connectivity index (χ3n) is 7.12. The number of hydrogen-bond acceptors (Lipinski definition) is 3. The molecule has 4 rings (SSSR count). The molecule has 156 valence electrons. The average molecular weight is 413 g/mol. The molecule has 2 bridgehead atoms. The molecule has 4 nitrogen and oxygen atoms in total. The molecule has 29 heavy (non-hydrogen) atoms. The molecular formula is C24H32N2O2S. The quantitative estimate of drug-likeness (QED) is 0.753. The summed E-state index contributed by atoms with van der Waals surface area (Å²) in [4.78, 5) is 2.57. The number of fused-ring (bicyclic) bond motifs is 2. The minimum atomic E-state index is -3.29. The lowest BCUT2D eigenvalue weighted by Gasteiger charge is -2.43. The van der Waals surface area contributed by atoms with Crippen molar-refractivity contribution < 1.29 is 8.42 Å². The zero-order valence-electron chi connectivity index (χ0n) is 17.4. The topological polar surface area (TPSA) is 49.4 Å². The van der Waals surface area contributed by atoms with Crippen molar-refractivity contribution in [2.45, 2.75) is 49.6 Å². The van der Waals surface area contributed by atoms with Crippen LogP contribution in [0, 0.1) is 5.92 Å². The second kappa shape index (κ2) is 8.21. The Bertz CT molecular complexity index is 861. The molecule has 2 aromatic rings. The first-order chi connectivity index (χ1) is 13.9. The maximum atomic E-state index is 12.1. The van der Waals surface area contributed by atoms with Crippen LogP contribution < -0.4 is 4.72 Å². The number of nitrogens with one attached hydrogen (secondary N) is 1. The van der Waals surface area contributed by atoms with E-state index < -0.39 is 10.0 Å². The summed E-state index contributed by atoms with van der Waals surface area (Å²) in [7, 11) is -1.02. The average Bonchev–Trinajstić information content (AvgIpc) is 2.92. The lowest BCUT2D eigenvalue weighted by molar-refractivity contribution is 0.119. The van der Waals surface area contributed by atoms with E-state index in [0.29, 0.717) is 24.5 Å². The van der Waals surface area contributed by atoms with Gasteiger partial charge in [-0.2, -0.15) is 0 Å². The predicted octanol–water partition coefficient (Wildman–Crippen LogP) is 3.78. The van der Waals surface area contributed by atoms with Gasteiger partial charge in [0.15, 0.2) is 0 Å². The van der Waals surface area contributed by atoms with Gasteiger partial charge in [-0.05, 0) is 56.2 Å². The predicted molar refractivity (Wildman–Crippen MR) is 118 cm³/mol. The van der Waals surface area contributed by atoms with E-state index in [-0.39, 0.29) is 5.41 Å². The van der Waals surface area contributed by atoms with Crippen LogP contribution in [0.5, 0.6) is 0 Å². The van der Waals surface area contributed by atoms with Crippen molar-refractivity contribution in [3.63, 3.8) is 0 Å². The summed E-state index contributed by atoms with van der Waals surface area (Å²) in [5, 5.41) is 0. The highest BCUT2D eigenvalue weighted by atomic mass is 32.2. The highest BCUT2D eigenvalue weighted by Crippen LogP contribution is 2.45. The first kappa shape index (κ1) is 20.6. The smallest absolute Gasteiger partial charge is 0.208 e. The molecule has 0 spiro atoms. The number of hydrogen-bond donors (Lipinski definition) is 1. The Hall–Kier alpha value is -1.69. The number of sulfonamides is 1. The fourth-order valence-electron chi connectivity index (χ4n) is 5.63. The Morgan fingerprint density at radius 1 is 0.931 bits per heavy atom. The summed E-state index contributed by atoms with van der Waals surface area (Å²) >= 11 is 0. The van der Waals surface area contributed by atoms with Crippen LogP contribution in [0.3, 0.4) is 0 Å². The van der Waals surface area contributed by atoms with Crippen LogP contribution in [0.25, 0.3) is 0 Å². The number of piperidine rings is 1. The van der Waals surface area contributed by atoms with E-state index in [1.54, 1.807) is 0 Å². The van der Waals surface area contributed by atoms with Crippen LogP contribution in [0.1, 0.15) is 43.2 Å². The Morgan fingerprint density at radius 3 is 1.86 bits per heavy atom. The van der Waals surface area contributed by atoms with E-state index >= 15 is 0 Å². The van der Waals surface area contributed by atoms with Gasteiger partial charge in [0.1, 0.15) is 0 Å². The molecule has 3 atom stereocenters. The van der Waals surface area contributed by atoms with Crippen LogP contribution in [-0.4, -0.2) is 45.2 Å². The molecular weight excluding hydrogens is 380 g/mol. The maximum Gasteiger partial charge on any atom is 0.208 e. The van der Waals surface area contributed by atoms with E-state index in [0.717, 1.165) is 6.42 Å². The van der Waals surface area contributed by atoms with Crippen LogP contribution in [0.2, 0.25) is 0 Å². The molecule has 1 unspecified atom stereocenters. The van der Waals surface area contributed by atoms with Gasteiger partial charge in [0.05, 0.1) is 6.26 Å². The molecule has 2 aromatic carbocycles. The molecule has 2 aliphatic heterocycles. The standard InChI is InChI=1S/C24H32N2O2S/c1-26-22-13-14-23(26)16-19(15-22)17-24(18-25-29(2,27)28,20-9-5-3-6-10-20)21-11-7-4-8-12-21/h3-12,19,22-23,25H,13-18H2,1-2H3/t19?,22-,23+. The monoisotopic (exact) mass is 412 g/mol. The second-order valence-electron chi connectivity index (χ2n) is 9.00. The molecule has 0 saturated carbocycles. The highest BCUT2D eigenvalue weighted by molar-refractivity contribution is 7.88. The van der Waals surface area contributed by atoms with Crippen LogP contribution in [0.15, 0.2) is 60.7 Å². The molecule has 0 radical (unpaired) electrons. The molecule has 1 N–H and O–H groups in total. The summed E-state index contributed by atoms with van der Waals surface area (Å²) in [6, 6.07) is 22.3. The Balaban J connectivity index is 1.74. The van der Waals surface area contributed by atoms with Crippen LogP contribution in [-0.2, 0) is 15.4 Å². The highest BCUT2D eigenvalue weighted by Gasteiger charge is 2.43.